The monoisotopic (exact) mass is 406 g/mol. The fourth-order valence-electron chi connectivity index (χ4n) is 2.40. The first-order valence-corrected chi connectivity index (χ1v) is 11.0. The van der Waals surface area contributed by atoms with E-state index in [1.807, 2.05) is 21.6 Å². The Morgan fingerprint density at radius 3 is 2.42 bits per heavy atom. The normalized spacial score (nSPS) is 18.7. The second-order valence-corrected chi connectivity index (χ2v) is 8.98. The van der Waals surface area contributed by atoms with Crippen LogP contribution in [0.25, 0.3) is 0 Å². The molecule has 0 radical (unpaired) electrons. The summed E-state index contributed by atoms with van der Waals surface area (Å²) in [5, 5.41) is 23.1. The molecule has 2 amide bonds. The average Bonchev–Trinajstić information content (AvgIpc) is 3.08. The number of aliphatic carboxylic acids is 2. The highest BCUT2D eigenvalue weighted by atomic mass is 33.1. The third-order valence-corrected chi connectivity index (χ3v) is 6.94. The van der Waals surface area contributed by atoms with Gasteiger partial charge in [-0.3, -0.25) is 19.2 Å². The van der Waals surface area contributed by atoms with Crippen molar-refractivity contribution < 1.29 is 29.4 Å². The highest BCUT2D eigenvalue weighted by Crippen LogP contribution is 2.39. The van der Waals surface area contributed by atoms with E-state index in [0.29, 0.717) is 11.7 Å². The first kappa shape index (κ1) is 22.6. The van der Waals surface area contributed by atoms with E-state index >= 15 is 0 Å². The number of carboxylic acids is 2. The molecule has 10 heteroatoms. The number of amides is 2. The van der Waals surface area contributed by atoms with E-state index in [-0.39, 0.29) is 25.2 Å². The van der Waals surface area contributed by atoms with Crippen LogP contribution < -0.4 is 10.6 Å². The van der Waals surface area contributed by atoms with E-state index in [9.17, 15) is 19.2 Å². The molecule has 148 valence electrons. The summed E-state index contributed by atoms with van der Waals surface area (Å²) in [7, 11) is 3.77. The van der Waals surface area contributed by atoms with Crippen molar-refractivity contribution in [1.82, 2.24) is 10.6 Å². The summed E-state index contributed by atoms with van der Waals surface area (Å²) < 4.78 is 0. The fraction of sp³-hybridized carbons (Fsp3) is 0.750. The zero-order valence-corrected chi connectivity index (χ0v) is 16.4. The van der Waals surface area contributed by atoms with Gasteiger partial charge in [0.1, 0.15) is 12.1 Å². The molecule has 0 aromatic heterocycles. The van der Waals surface area contributed by atoms with Crippen molar-refractivity contribution >= 4 is 45.3 Å². The number of rotatable bonds is 12. The Morgan fingerprint density at radius 2 is 1.85 bits per heavy atom. The summed E-state index contributed by atoms with van der Waals surface area (Å²) in [4.78, 5) is 45.7. The Balaban J connectivity index is 2.41. The van der Waals surface area contributed by atoms with E-state index in [4.69, 9.17) is 10.2 Å². The van der Waals surface area contributed by atoms with Crippen molar-refractivity contribution in [2.75, 3.05) is 5.75 Å². The minimum absolute atomic E-state index is 0.0881. The number of unbranched alkanes of at least 4 members (excludes halogenated alkanes) is 1. The molecule has 0 bridgehead atoms. The zero-order valence-electron chi connectivity index (χ0n) is 14.7. The van der Waals surface area contributed by atoms with Crippen LogP contribution in [0.4, 0.5) is 0 Å². The lowest BCUT2D eigenvalue weighted by Gasteiger charge is -2.19. The molecule has 1 saturated heterocycles. The number of nitrogens with one attached hydrogen (secondary N) is 2. The topological polar surface area (TPSA) is 133 Å². The maximum Gasteiger partial charge on any atom is 0.325 e. The zero-order chi connectivity index (χ0) is 19.5. The Bertz CT molecular complexity index is 511. The summed E-state index contributed by atoms with van der Waals surface area (Å²) in [6.07, 6.45) is 3.76. The van der Waals surface area contributed by atoms with Crippen molar-refractivity contribution in [3.05, 3.63) is 0 Å². The van der Waals surface area contributed by atoms with Gasteiger partial charge >= 0.3 is 11.9 Å². The van der Waals surface area contributed by atoms with Crippen LogP contribution in [0.5, 0.6) is 0 Å². The maximum absolute atomic E-state index is 12.1. The Labute approximate surface area is 160 Å². The summed E-state index contributed by atoms with van der Waals surface area (Å²) >= 11 is 0. The van der Waals surface area contributed by atoms with Gasteiger partial charge in [-0.25, -0.2) is 0 Å². The third kappa shape index (κ3) is 9.33. The van der Waals surface area contributed by atoms with E-state index in [1.54, 1.807) is 0 Å². The lowest BCUT2D eigenvalue weighted by Crippen LogP contribution is -2.50. The van der Waals surface area contributed by atoms with Gasteiger partial charge in [-0.15, -0.1) is 0 Å². The molecule has 1 aliphatic heterocycles. The SMILES string of the molecule is C[C@@H](NC(=O)[C@@H](CCC(=O)O)NC(=O)CCCC[C@@H]1CCSS1)C(=O)O. The maximum atomic E-state index is 12.1. The van der Waals surface area contributed by atoms with Crippen molar-refractivity contribution in [2.45, 2.75) is 69.2 Å². The summed E-state index contributed by atoms with van der Waals surface area (Å²) in [6.45, 7) is 1.30. The molecule has 0 aromatic carbocycles. The molecule has 26 heavy (non-hydrogen) atoms. The molecule has 1 aliphatic rings. The number of carbonyl (C=O) groups is 4. The van der Waals surface area contributed by atoms with Crippen LogP contribution in [0.1, 0.15) is 51.9 Å². The van der Waals surface area contributed by atoms with Gasteiger partial charge < -0.3 is 20.8 Å². The molecule has 3 atom stereocenters. The highest BCUT2D eigenvalue weighted by molar-refractivity contribution is 8.77. The molecule has 8 nitrogen and oxygen atoms in total. The average molecular weight is 407 g/mol. The molecule has 1 rings (SSSR count). The first-order valence-electron chi connectivity index (χ1n) is 8.62. The van der Waals surface area contributed by atoms with Gasteiger partial charge in [0.05, 0.1) is 0 Å². The van der Waals surface area contributed by atoms with E-state index in [2.05, 4.69) is 10.6 Å². The second kappa shape index (κ2) is 12.1. The van der Waals surface area contributed by atoms with Crippen molar-refractivity contribution in [3.63, 3.8) is 0 Å². The van der Waals surface area contributed by atoms with Crippen LogP contribution in [0, 0.1) is 0 Å². The van der Waals surface area contributed by atoms with E-state index in [0.717, 1.165) is 12.8 Å². The lowest BCUT2D eigenvalue weighted by atomic mass is 10.1. The Kier molecular flexibility index (Phi) is 10.5. The molecular formula is C16H26N2O6S2. The number of carbonyl (C=O) groups excluding carboxylic acids is 2. The van der Waals surface area contributed by atoms with E-state index in [1.165, 1.54) is 19.1 Å². The standard InChI is InChI=1S/C16H26N2O6S2/c1-10(16(23)24)17-15(22)12(6-7-14(20)21)18-13(19)5-3-2-4-11-8-9-25-26-11/h10-12H,2-9H2,1H3,(H,17,22)(H,18,19)(H,20,21)(H,23,24)/t10-,11-,12-/m1/s1. The number of hydrogen-bond donors (Lipinski definition) is 4. The third-order valence-electron chi connectivity index (χ3n) is 3.93. The molecule has 0 spiro atoms. The van der Waals surface area contributed by atoms with Gasteiger partial charge in [0, 0.05) is 23.8 Å². The highest BCUT2D eigenvalue weighted by Gasteiger charge is 2.24. The summed E-state index contributed by atoms with van der Waals surface area (Å²) in [5.74, 6) is -2.13. The van der Waals surface area contributed by atoms with E-state index < -0.39 is 29.9 Å². The summed E-state index contributed by atoms with van der Waals surface area (Å²) in [6, 6.07) is -2.17. The molecule has 0 aliphatic carbocycles. The van der Waals surface area contributed by atoms with Crippen LogP contribution in [0.3, 0.4) is 0 Å². The van der Waals surface area contributed by atoms with Crippen molar-refractivity contribution in [1.29, 1.82) is 0 Å². The largest absolute Gasteiger partial charge is 0.481 e. The molecule has 0 aromatic rings. The van der Waals surface area contributed by atoms with Gasteiger partial charge in [0.2, 0.25) is 11.8 Å². The molecule has 1 fully saturated rings. The smallest absolute Gasteiger partial charge is 0.325 e. The molecular weight excluding hydrogens is 380 g/mol. The van der Waals surface area contributed by atoms with Gasteiger partial charge in [-0.1, -0.05) is 28.0 Å². The van der Waals surface area contributed by atoms with Crippen LogP contribution in [-0.2, 0) is 19.2 Å². The number of carboxylic acid groups (broad SMARTS) is 2. The van der Waals surface area contributed by atoms with Gasteiger partial charge in [0.15, 0.2) is 0 Å². The van der Waals surface area contributed by atoms with Crippen LogP contribution in [0.2, 0.25) is 0 Å². The van der Waals surface area contributed by atoms with Crippen molar-refractivity contribution in [3.8, 4) is 0 Å². The minimum atomic E-state index is -1.20. The predicted octanol–water partition coefficient (Wildman–Crippen LogP) is 1.64. The van der Waals surface area contributed by atoms with Crippen LogP contribution >= 0.6 is 21.6 Å². The fourth-order valence-corrected chi connectivity index (χ4v) is 5.43. The van der Waals surface area contributed by atoms with Crippen molar-refractivity contribution in [2.24, 2.45) is 0 Å². The van der Waals surface area contributed by atoms with Gasteiger partial charge in [0.25, 0.3) is 0 Å². The van der Waals surface area contributed by atoms with Crippen LogP contribution in [-0.4, -0.2) is 57.1 Å². The van der Waals surface area contributed by atoms with Gasteiger partial charge in [-0.2, -0.15) is 0 Å². The quantitative estimate of drug-likeness (QED) is 0.284. The summed E-state index contributed by atoms with van der Waals surface area (Å²) in [5.41, 5.74) is 0. The van der Waals surface area contributed by atoms with Crippen LogP contribution in [0.15, 0.2) is 0 Å². The van der Waals surface area contributed by atoms with Gasteiger partial charge in [-0.05, 0) is 32.6 Å². The number of hydrogen-bond acceptors (Lipinski definition) is 6. The minimum Gasteiger partial charge on any atom is -0.481 e. The Hall–Kier alpha value is -1.42. The molecule has 0 unspecified atom stereocenters. The lowest BCUT2D eigenvalue weighted by molar-refractivity contribution is -0.142. The predicted molar refractivity (Wildman–Crippen MR) is 101 cm³/mol. The Morgan fingerprint density at radius 1 is 1.12 bits per heavy atom. The molecule has 4 N–H and O–H groups in total. The molecule has 0 saturated carbocycles. The first-order chi connectivity index (χ1) is 12.3. The second-order valence-electron chi connectivity index (χ2n) is 6.20. The molecule has 1 heterocycles.